The van der Waals surface area contributed by atoms with Crippen LogP contribution >= 0.6 is 23.3 Å². The number of ether oxygens (including phenoxy) is 1. The Labute approximate surface area is 95.0 Å². The minimum absolute atomic E-state index is 0.0878. The van der Waals surface area contributed by atoms with Gasteiger partial charge in [-0.05, 0) is 24.3 Å². The molecular weight excluding hydrogens is 236 g/mol. The molecule has 4 nitrogen and oxygen atoms in total. The van der Waals surface area contributed by atoms with E-state index in [0.29, 0.717) is 10.8 Å². The highest BCUT2D eigenvalue weighted by atomic mass is 35.5. The van der Waals surface area contributed by atoms with E-state index in [1.165, 1.54) is 3.96 Å². The van der Waals surface area contributed by atoms with E-state index in [1.54, 1.807) is 31.3 Å². The molecule has 0 aliphatic rings. The summed E-state index contributed by atoms with van der Waals surface area (Å²) in [5, 5.41) is 0.619. The van der Waals surface area contributed by atoms with Crippen molar-refractivity contribution < 1.29 is 4.74 Å². The second kappa shape index (κ2) is 4.04. The molecule has 2 rings (SSSR count). The summed E-state index contributed by atoms with van der Waals surface area (Å²) >= 11 is 6.77. The Kier molecular flexibility index (Phi) is 2.75. The highest BCUT2D eigenvalue weighted by Gasteiger charge is 2.07. The van der Waals surface area contributed by atoms with Gasteiger partial charge in [-0.1, -0.05) is 11.6 Å². The normalized spacial score (nSPS) is 10.3. The van der Waals surface area contributed by atoms with Crippen LogP contribution in [0.2, 0.25) is 5.02 Å². The fraction of sp³-hybridized carbons (Fsp3) is 0.111. The first-order valence-electron chi connectivity index (χ1n) is 4.13. The molecule has 2 aromatic rings. The second-order valence-corrected chi connectivity index (χ2v) is 4.17. The summed E-state index contributed by atoms with van der Waals surface area (Å²) in [4.78, 5) is 11.4. The van der Waals surface area contributed by atoms with Crippen LogP contribution in [-0.4, -0.2) is 8.33 Å². The van der Waals surface area contributed by atoms with Gasteiger partial charge in [-0.15, -0.1) is 4.37 Å². The number of hydrogen-bond donors (Lipinski definition) is 0. The molecule has 6 heteroatoms. The smallest absolute Gasteiger partial charge is 0.324 e. The third-order valence-corrected chi connectivity index (χ3v) is 2.65. The van der Waals surface area contributed by atoms with Crippen LogP contribution in [0.25, 0.3) is 0 Å². The lowest BCUT2D eigenvalue weighted by Gasteiger charge is -1.99. The molecule has 1 aromatic carbocycles. The quantitative estimate of drug-likeness (QED) is 0.812. The van der Waals surface area contributed by atoms with Gasteiger partial charge in [-0.3, -0.25) is 4.79 Å². The number of halogens is 1. The first kappa shape index (κ1) is 10.2. The fourth-order valence-corrected chi connectivity index (χ4v) is 1.58. The van der Waals surface area contributed by atoms with Crippen LogP contribution in [0.5, 0.6) is 11.6 Å². The molecule has 1 heterocycles. The van der Waals surface area contributed by atoms with Crippen LogP contribution < -0.4 is 10.3 Å². The zero-order chi connectivity index (χ0) is 10.8. The van der Waals surface area contributed by atoms with Gasteiger partial charge in [0.1, 0.15) is 5.75 Å². The monoisotopic (exact) mass is 242 g/mol. The van der Waals surface area contributed by atoms with Gasteiger partial charge in [0.15, 0.2) is 0 Å². The van der Waals surface area contributed by atoms with Crippen LogP contribution in [0.4, 0.5) is 0 Å². The zero-order valence-electron chi connectivity index (χ0n) is 7.81. The first-order valence-corrected chi connectivity index (χ1v) is 5.24. The highest BCUT2D eigenvalue weighted by molar-refractivity contribution is 6.99. The molecule has 0 saturated carbocycles. The van der Waals surface area contributed by atoms with Gasteiger partial charge in [0.05, 0.1) is 11.7 Å². The van der Waals surface area contributed by atoms with E-state index in [0.717, 1.165) is 11.7 Å². The van der Waals surface area contributed by atoms with Crippen molar-refractivity contribution in [2.45, 2.75) is 0 Å². The summed E-state index contributed by atoms with van der Waals surface area (Å²) in [5.41, 5.74) is -0.241. The first-order chi connectivity index (χ1) is 7.16. The number of rotatable bonds is 2. The van der Waals surface area contributed by atoms with Crippen molar-refractivity contribution in [2.24, 2.45) is 7.05 Å². The van der Waals surface area contributed by atoms with Gasteiger partial charge in [-0.2, -0.15) is 0 Å². The summed E-state index contributed by atoms with van der Waals surface area (Å²) in [6.07, 6.45) is 0. The standard InChI is InChI=1S/C9H7ClN2O2S/c1-12-9(13)8(11-15-12)14-7-4-2-6(10)3-5-7/h2-5H,1H3. The molecule has 0 aliphatic heterocycles. The number of nitrogens with zero attached hydrogens (tertiary/aromatic N) is 2. The molecule has 0 bridgehead atoms. The molecule has 15 heavy (non-hydrogen) atoms. The Hall–Kier alpha value is -1.33. The van der Waals surface area contributed by atoms with Crippen LogP contribution in [0.3, 0.4) is 0 Å². The third-order valence-electron chi connectivity index (χ3n) is 1.74. The Morgan fingerprint density at radius 3 is 2.60 bits per heavy atom. The summed E-state index contributed by atoms with van der Waals surface area (Å²) in [6, 6.07) is 6.74. The van der Waals surface area contributed by atoms with E-state index in [-0.39, 0.29) is 11.4 Å². The number of aromatic nitrogens is 2. The average Bonchev–Trinajstić information content (AvgIpc) is 2.53. The largest absolute Gasteiger partial charge is 0.434 e. The van der Waals surface area contributed by atoms with Crippen molar-refractivity contribution in [3.05, 3.63) is 39.6 Å². The molecule has 0 amide bonds. The van der Waals surface area contributed by atoms with Crippen LogP contribution in [0.1, 0.15) is 0 Å². The minimum atomic E-state index is -0.241. The lowest BCUT2D eigenvalue weighted by Crippen LogP contribution is -2.10. The van der Waals surface area contributed by atoms with Gasteiger partial charge in [0.25, 0.3) is 5.88 Å². The molecule has 0 fully saturated rings. The van der Waals surface area contributed by atoms with Crippen LogP contribution in [0.15, 0.2) is 29.1 Å². The van der Waals surface area contributed by atoms with Crippen molar-refractivity contribution >= 4 is 23.3 Å². The predicted octanol–water partition coefficient (Wildman–Crippen LogP) is 2.29. The predicted molar refractivity (Wildman–Crippen MR) is 58.9 cm³/mol. The Balaban J connectivity index is 2.26. The Morgan fingerprint density at radius 1 is 1.40 bits per heavy atom. The number of hydrogen-bond acceptors (Lipinski definition) is 4. The van der Waals surface area contributed by atoms with Gasteiger partial charge in [-0.25, -0.2) is 3.96 Å². The molecule has 0 radical (unpaired) electrons. The SMILES string of the molecule is Cn1snc(Oc2ccc(Cl)cc2)c1=O. The van der Waals surface area contributed by atoms with Gasteiger partial charge in [0, 0.05) is 12.1 Å². The van der Waals surface area contributed by atoms with Crippen molar-refractivity contribution in [2.75, 3.05) is 0 Å². The fourth-order valence-electron chi connectivity index (χ4n) is 0.986. The highest BCUT2D eigenvalue weighted by Crippen LogP contribution is 2.19. The van der Waals surface area contributed by atoms with E-state index in [2.05, 4.69) is 4.37 Å². The maximum absolute atomic E-state index is 11.4. The molecule has 78 valence electrons. The summed E-state index contributed by atoms with van der Waals surface area (Å²) in [7, 11) is 1.63. The zero-order valence-corrected chi connectivity index (χ0v) is 9.38. The summed E-state index contributed by atoms with van der Waals surface area (Å²) in [6.45, 7) is 0. The third kappa shape index (κ3) is 2.19. The lowest BCUT2D eigenvalue weighted by atomic mass is 10.3. The Bertz CT molecular complexity index is 518. The molecule has 0 aliphatic carbocycles. The number of aryl methyl sites for hydroxylation is 1. The minimum Gasteiger partial charge on any atom is -0.434 e. The second-order valence-electron chi connectivity index (χ2n) is 2.84. The van der Waals surface area contributed by atoms with Crippen molar-refractivity contribution in [1.82, 2.24) is 8.33 Å². The van der Waals surface area contributed by atoms with Gasteiger partial charge in [0.2, 0.25) is 0 Å². The molecule has 1 aromatic heterocycles. The van der Waals surface area contributed by atoms with E-state index in [4.69, 9.17) is 16.3 Å². The van der Waals surface area contributed by atoms with Gasteiger partial charge >= 0.3 is 5.56 Å². The summed E-state index contributed by atoms with van der Waals surface area (Å²) in [5.74, 6) is 0.632. The Morgan fingerprint density at radius 2 is 2.07 bits per heavy atom. The van der Waals surface area contributed by atoms with Gasteiger partial charge < -0.3 is 4.74 Å². The molecule has 0 spiro atoms. The maximum atomic E-state index is 11.4. The lowest BCUT2D eigenvalue weighted by molar-refractivity contribution is 0.461. The van der Waals surface area contributed by atoms with Crippen molar-refractivity contribution in [3.63, 3.8) is 0 Å². The van der Waals surface area contributed by atoms with Crippen LogP contribution in [0, 0.1) is 0 Å². The maximum Gasteiger partial charge on any atom is 0.324 e. The van der Waals surface area contributed by atoms with E-state index in [1.807, 2.05) is 0 Å². The average molecular weight is 243 g/mol. The van der Waals surface area contributed by atoms with E-state index >= 15 is 0 Å². The van der Waals surface area contributed by atoms with Crippen molar-refractivity contribution in [3.8, 4) is 11.6 Å². The molecule has 0 atom stereocenters. The topological polar surface area (TPSA) is 44.1 Å². The molecule has 0 N–H and O–H groups in total. The molecular formula is C9H7ClN2O2S. The molecule has 0 unspecified atom stereocenters. The summed E-state index contributed by atoms with van der Waals surface area (Å²) < 4.78 is 10.6. The van der Waals surface area contributed by atoms with Crippen molar-refractivity contribution in [1.29, 1.82) is 0 Å². The van der Waals surface area contributed by atoms with E-state index in [9.17, 15) is 4.79 Å². The molecule has 0 saturated heterocycles. The number of benzene rings is 1. The van der Waals surface area contributed by atoms with E-state index < -0.39 is 0 Å². The van der Waals surface area contributed by atoms with Crippen LogP contribution in [-0.2, 0) is 7.05 Å².